The molecule has 5 rings (SSSR count). The van der Waals surface area contributed by atoms with Crippen molar-refractivity contribution in [1.82, 2.24) is 41.3 Å². The van der Waals surface area contributed by atoms with E-state index in [-0.39, 0.29) is 24.7 Å². The van der Waals surface area contributed by atoms with Gasteiger partial charge in [-0.05, 0) is 44.4 Å². The number of nitrogens with zero attached hydrogens (tertiary/aromatic N) is 3. The second-order valence-electron chi connectivity index (χ2n) is 11.1. The molecular formula is C29H36N8O7. The van der Waals surface area contributed by atoms with Gasteiger partial charge in [-0.1, -0.05) is 25.1 Å². The summed E-state index contributed by atoms with van der Waals surface area (Å²) < 4.78 is 5.91. The van der Waals surface area contributed by atoms with Crippen LogP contribution < -0.4 is 21.3 Å². The molecule has 15 nitrogen and oxygen atoms in total. The predicted molar refractivity (Wildman–Crippen MR) is 155 cm³/mol. The third-order valence-electron chi connectivity index (χ3n) is 8.06. The fraction of sp³-hybridized carbons (Fsp3) is 0.483. The summed E-state index contributed by atoms with van der Waals surface area (Å²) in [5, 5.41) is 29.2. The summed E-state index contributed by atoms with van der Waals surface area (Å²) in [5.41, 5.74) is 1.65. The average molecular weight is 609 g/mol. The molecule has 1 fully saturated rings. The van der Waals surface area contributed by atoms with Gasteiger partial charge in [-0.25, -0.2) is 0 Å². The molecular weight excluding hydrogens is 572 g/mol. The van der Waals surface area contributed by atoms with Gasteiger partial charge in [0.25, 0.3) is 0 Å². The Balaban J connectivity index is 1.46. The minimum absolute atomic E-state index is 0.0877. The Hall–Kier alpha value is -4.79. The fourth-order valence-electron chi connectivity index (χ4n) is 5.81. The van der Waals surface area contributed by atoms with Crippen LogP contribution in [0.4, 0.5) is 0 Å². The highest BCUT2D eigenvalue weighted by Gasteiger charge is 2.39. The normalized spacial score (nSPS) is 25.7. The molecule has 6 N–H and O–H groups in total. The molecule has 2 bridgehead atoms. The molecule has 2 aliphatic heterocycles. The van der Waals surface area contributed by atoms with E-state index in [0.717, 1.165) is 16.5 Å². The van der Waals surface area contributed by atoms with Crippen LogP contribution in [0.15, 0.2) is 34.9 Å². The summed E-state index contributed by atoms with van der Waals surface area (Å²) in [6.07, 6.45) is 2.92. The molecule has 5 atom stereocenters. The van der Waals surface area contributed by atoms with Gasteiger partial charge in [-0.2, -0.15) is 0 Å². The van der Waals surface area contributed by atoms with Crippen molar-refractivity contribution >= 4 is 40.5 Å². The number of aromatic nitrogens is 3. The summed E-state index contributed by atoms with van der Waals surface area (Å²) in [6, 6.07) is 2.83. The van der Waals surface area contributed by atoms with Crippen LogP contribution in [0.1, 0.15) is 62.9 Å². The van der Waals surface area contributed by atoms with Crippen LogP contribution in [-0.4, -0.2) is 85.5 Å². The van der Waals surface area contributed by atoms with Crippen LogP contribution >= 0.6 is 0 Å². The number of carboxylic acid groups (broad SMARTS) is 1. The van der Waals surface area contributed by atoms with E-state index in [1.165, 1.54) is 6.92 Å². The number of carboxylic acids is 1. The van der Waals surface area contributed by atoms with E-state index in [0.29, 0.717) is 25.8 Å². The van der Waals surface area contributed by atoms with Gasteiger partial charge in [0.15, 0.2) is 0 Å². The van der Waals surface area contributed by atoms with E-state index in [4.69, 9.17) is 4.42 Å². The first-order chi connectivity index (χ1) is 21.1. The largest absolute Gasteiger partial charge is 0.481 e. The van der Waals surface area contributed by atoms with Crippen LogP contribution in [-0.2, 0) is 36.9 Å². The molecule has 15 heteroatoms. The Bertz CT molecular complexity index is 1550. The third-order valence-corrected chi connectivity index (χ3v) is 8.06. The molecule has 4 amide bonds. The molecule has 44 heavy (non-hydrogen) atoms. The van der Waals surface area contributed by atoms with Crippen LogP contribution in [0.2, 0.25) is 0 Å². The first-order valence-electron chi connectivity index (χ1n) is 14.7. The number of amides is 4. The lowest BCUT2D eigenvalue weighted by Crippen LogP contribution is -2.57. The quantitative estimate of drug-likeness (QED) is 0.233. The van der Waals surface area contributed by atoms with Gasteiger partial charge < -0.3 is 35.8 Å². The van der Waals surface area contributed by atoms with Crippen molar-refractivity contribution in [2.24, 2.45) is 0 Å². The number of benzene rings is 1. The number of fused-ring (bicyclic) bond motifs is 4. The lowest BCUT2D eigenvalue weighted by molar-refractivity contribution is -0.141. The van der Waals surface area contributed by atoms with Gasteiger partial charge in [0, 0.05) is 23.5 Å². The number of H-pyrrole nitrogens is 1. The first-order valence-corrected chi connectivity index (χ1v) is 14.7. The number of hydrogen-bond donors (Lipinski definition) is 6. The van der Waals surface area contributed by atoms with E-state index in [2.05, 4.69) is 36.4 Å². The molecule has 0 radical (unpaired) electrons. The zero-order chi connectivity index (χ0) is 31.4. The van der Waals surface area contributed by atoms with Crippen molar-refractivity contribution in [1.29, 1.82) is 0 Å². The van der Waals surface area contributed by atoms with Gasteiger partial charge in [0.1, 0.15) is 18.1 Å². The van der Waals surface area contributed by atoms with E-state index in [9.17, 15) is 29.1 Å². The average Bonchev–Trinajstić information content (AvgIpc) is 3.76. The second-order valence-corrected chi connectivity index (χ2v) is 11.1. The summed E-state index contributed by atoms with van der Waals surface area (Å²) in [6.45, 7) is 3.79. The molecule has 0 spiro atoms. The van der Waals surface area contributed by atoms with E-state index < -0.39 is 66.2 Å². The summed E-state index contributed by atoms with van der Waals surface area (Å²) in [4.78, 5) is 70.0. The molecule has 2 aliphatic rings. The number of carbonyl (C=O) groups excluding carboxylic acids is 4. The zero-order valence-electron chi connectivity index (χ0n) is 24.5. The highest BCUT2D eigenvalue weighted by molar-refractivity contribution is 5.96. The lowest BCUT2D eigenvalue weighted by atomic mass is 10.0. The van der Waals surface area contributed by atoms with Crippen LogP contribution in [0, 0.1) is 0 Å². The van der Waals surface area contributed by atoms with Crippen molar-refractivity contribution in [2.45, 2.75) is 82.7 Å². The predicted octanol–water partition coefficient (Wildman–Crippen LogP) is 0.288. The minimum atomic E-state index is -1.43. The van der Waals surface area contributed by atoms with E-state index in [1.807, 2.05) is 36.1 Å². The minimum Gasteiger partial charge on any atom is -0.481 e. The van der Waals surface area contributed by atoms with Crippen LogP contribution in [0.25, 0.3) is 10.9 Å². The Morgan fingerprint density at radius 2 is 1.80 bits per heavy atom. The van der Waals surface area contributed by atoms with Crippen molar-refractivity contribution in [2.75, 3.05) is 6.54 Å². The third kappa shape index (κ3) is 6.72. The molecule has 3 aromatic rings. The van der Waals surface area contributed by atoms with Crippen molar-refractivity contribution < 1.29 is 33.5 Å². The Labute approximate surface area is 252 Å². The lowest BCUT2D eigenvalue weighted by Gasteiger charge is -2.30. The number of hydrogen-bond acceptors (Lipinski definition) is 9. The monoisotopic (exact) mass is 608 g/mol. The van der Waals surface area contributed by atoms with Gasteiger partial charge in [-0.15, -0.1) is 10.2 Å². The molecule has 0 saturated carbocycles. The SMILES string of the molecule is CCC1c2nnc(o2)CNC(=O)[C@@H](Cc2c[nH]c3ccccc23)NC(=O)[C@@H](C)NC(=O)[C@H](CC(=O)O)NC(=O)[C@@H]2CCCN12. The molecule has 1 unspecified atom stereocenters. The topological polar surface area (TPSA) is 212 Å². The maximum Gasteiger partial charge on any atom is 0.305 e. The molecule has 1 saturated heterocycles. The highest BCUT2D eigenvalue weighted by Crippen LogP contribution is 2.31. The second kappa shape index (κ2) is 13.2. The van der Waals surface area contributed by atoms with Crippen molar-refractivity contribution in [3.63, 3.8) is 0 Å². The Kier molecular flexibility index (Phi) is 9.23. The number of carbonyl (C=O) groups is 5. The zero-order valence-corrected chi connectivity index (χ0v) is 24.5. The van der Waals surface area contributed by atoms with Gasteiger partial charge >= 0.3 is 5.97 Å². The fourth-order valence-corrected chi connectivity index (χ4v) is 5.81. The highest BCUT2D eigenvalue weighted by atomic mass is 16.4. The Morgan fingerprint density at radius 3 is 2.57 bits per heavy atom. The number of aromatic amines is 1. The van der Waals surface area contributed by atoms with Crippen LogP contribution in [0.3, 0.4) is 0 Å². The number of nitrogens with one attached hydrogen (secondary N) is 5. The summed E-state index contributed by atoms with van der Waals surface area (Å²) in [5.74, 6) is -3.39. The van der Waals surface area contributed by atoms with Crippen molar-refractivity contribution in [3.05, 3.63) is 47.8 Å². The van der Waals surface area contributed by atoms with Gasteiger partial charge in [0.2, 0.25) is 35.4 Å². The van der Waals surface area contributed by atoms with Gasteiger partial charge in [-0.3, -0.25) is 28.9 Å². The molecule has 234 valence electrons. The van der Waals surface area contributed by atoms with Gasteiger partial charge in [0.05, 0.1) is 25.0 Å². The molecule has 0 aliphatic carbocycles. The Morgan fingerprint density at radius 1 is 1.02 bits per heavy atom. The molecule has 4 heterocycles. The smallest absolute Gasteiger partial charge is 0.305 e. The maximum absolute atomic E-state index is 13.4. The number of aliphatic carboxylic acids is 1. The number of rotatable bonds is 5. The summed E-state index contributed by atoms with van der Waals surface area (Å²) in [7, 11) is 0. The first kappa shape index (κ1) is 30.7. The molecule has 1 aromatic carbocycles. The standard InChI is InChI=1S/C29H36N8O7/c1-3-21-29-36-35-23(44-29)14-31-26(41)19(11-16-13-30-18-8-5-4-7-17(16)18)33-25(40)15(2)32-27(42)20(12-24(38)39)34-28(43)22-9-6-10-37(21)22/h4-5,7-8,13,15,19-22,30H,3,6,9-12,14H2,1-2H3,(H,31,41)(H,32,42)(H,33,40)(H,34,43)(H,38,39)/t15-,19-,20+,21?,22+/m1/s1. The maximum atomic E-state index is 13.4. The van der Waals surface area contributed by atoms with Crippen molar-refractivity contribution in [3.8, 4) is 0 Å². The van der Waals surface area contributed by atoms with E-state index >= 15 is 0 Å². The molecule has 2 aromatic heterocycles. The van der Waals surface area contributed by atoms with Crippen LogP contribution in [0.5, 0.6) is 0 Å². The van der Waals surface area contributed by atoms with E-state index in [1.54, 1.807) is 6.20 Å². The number of para-hydroxylation sites is 1. The summed E-state index contributed by atoms with van der Waals surface area (Å²) >= 11 is 0.